The molecule has 1 aromatic heterocycles. The highest BCUT2D eigenvalue weighted by atomic mass is 35.5. The first kappa shape index (κ1) is 15.4. The summed E-state index contributed by atoms with van der Waals surface area (Å²) in [5.74, 6) is 0.884. The highest BCUT2D eigenvalue weighted by molar-refractivity contribution is 6.42. The number of hydrogen-bond acceptors (Lipinski definition) is 3. The maximum absolute atomic E-state index is 6.09. The van der Waals surface area contributed by atoms with Crippen LogP contribution >= 0.6 is 34.8 Å². The van der Waals surface area contributed by atoms with Gasteiger partial charge in [0.05, 0.1) is 15.7 Å². The predicted octanol–water partition coefficient (Wildman–Crippen LogP) is 4.94. The number of aromatic nitrogens is 1. The van der Waals surface area contributed by atoms with Crippen LogP contribution in [0.2, 0.25) is 15.1 Å². The van der Waals surface area contributed by atoms with Gasteiger partial charge in [-0.3, -0.25) is 0 Å². The van der Waals surface area contributed by atoms with E-state index in [-0.39, 0.29) is 0 Å². The molecular weight excluding hydrogens is 319 g/mol. The molecule has 6 heteroatoms. The Labute approximate surface area is 132 Å². The van der Waals surface area contributed by atoms with Crippen LogP contribution in [0.4, 0.5) is 0 Å². The highest BCUT2D eigenvalue weighted by Crippen LogP contribution is 2.34. The Balaban J connectivity index is 2.23. The zero-order valence-corrected chi connectivity index (χ0v) is 13.1. The van der Waals surface area contributed by atoms with Gasteiger partial charge < -0.3 is 10.1 Å². The summed E-state index contributed by atoms with van der Waals surface area (Å²) < 4.78 is 5.65. The first-order valence-electron chi connectivity index (χ1n) is 6.09. The van der Waals surface area contributed by atoms with E-state index in [0.29, 0.717) is 33.2 Å². The van der Waals surface area contributed by atoms with E-state index < -0.39 is 0 Å². The van der Waals surface area contributed by atoms with Gasteiger partial charge in [-0.15, -0.1) is 0 Å². The fourth-order valence-corrected chi connectivity index (χ4v) is 2.07. The van der Waals surface area contributed by atoms with Gasteiger partial charge in [-0.05, 0) is 24.7 Å². The fraction of sp³-hybridized carbons (Fsp3) is 0.214. The van der Waals surface area contributed by atoms with Gasteiger partial charge in [0.1, 0.15) is 10.8 Å². The fourth-order valence-electron chi connectivity index (χ4n) is 1.56. The molecule has 0 aliphatic heterocycles. The lowest BCUT2D eigenvalue weighted by Gasteiger charge is -2.10. The molecule has 0 aliphatic carbocycles. The first-order valence-corrected chi connectivity index (χ1v) is 7.23. The van der Waals surface area contributed by atoms with Gasteiger partial charge in [0, 0.05) is 12.6 Å². The Morgan fingerprint density at radius 1 is 1.10 bits per heavy atom. The van der Waals surface area contributed by atoms with Crippen LogP contribution in [-0.2, 0) is 6.54 Å². The lowest BCUT2D eigenvalue weighted by Crippen LogP contribution is -2.13. The molecule has 0 atom stereocenters. The van der Waals surface area contributed by atoms with E-state index in [2.05, 4.69) is 10.3 Å². The van der Waals surface area contributed by atoms with Crippen LogP contribution in [0.1, 0.15) is 12.6 Å². The summed E-state index contributed by atoms with van der Waals surface area (Å²) in [6.45, 7) is 3.43. The van der Waals surface area contributed by atoms with Gasteiger partial charge >= 0.3 is 0 Å². The lowest BCUT2D eigenvalue weighted by atomic mass is 10.3. The van der Waals surface area contributed by atoms with Crippen molar-refractivity contribution >= 4 is 34.8 Å². The largest absolute Gasteiger partial charge is 0.437 e. The molecule has 106 valence electrons. The molecule has 0 bridgehead atoms. The van der Waals surface area contributed by atoms with E-state index in [4.69, 9.17) is 39.5 Å². The average Bonchev–Trinajstić information content (AvgIpc) is 2.44. The summed E-state index contributed by atoms with van der Waals surface area (Å²) in [6, 6.07) is 8.63. The monoisotopic (exact) mass is 330 g/mol. The standard InChI is InChI=1S/C14H13Cl3N2O/c1-2-18-8-11-9(15)6-7-13(19-11)20-12-5-3-4-10(16)14(12)17/h3-7,18H,2,8H2,1H3. The summed E-state index contributed by atoms with van der Waals surface area (Å²) in [5.41, 5.74) is 0.726. The van der Waals surface area contributed by atoms with Crippen LogP contribution in [-0.4, -0.2) is 11.5 Å². The zero-order valence-electron chi connectivity index (χ0n) is 10.8. The predicted molar refractivity (Wildman–Crippen MR) is 83.2 cm³/mol. The quantitative estimate of drug-likeness (QED) is 0.842. The molecule has 0 saturated heterocycles. The van der Waals surface area contributed by atoms with Crippen molar-refractivity contribution in [2.75, 3.05) is 6.54 Å². The van der Waals surface area contributed by atoms with Crippen molar-refractivity contribution in [3.8, 4) is 11.6 Å². The smallest absolute Gasteiger partial charge is 0.219 e. The van der Waals surface area contributed by atoms with Crippen LogP contribution in [0.5, 0.6) is 11.6 Å². The van der Waals surface area contributed by atoms with Gasteiger partial charge in [-0.25, -0.2) is 4.98 Å². The van der Waals surface area contributed by atoms with Crippen LogP contribution in [0.3, 0.4) is 0 Å². The number of pyridine rings is 1. The van der Waals surface area contributed by atoms with Gasteiger partial charge in [0.25, 0.3) is 0 Å². The minimum atomic E-state index is 0.360. The second-order valence-corrected chi connectivity index (χ2v) is 5.20. The Morgan fingerprint density at radius 3 is 2.65 bits per heavy atom. The summed E-state index contributed by atoms with van der Waals surface area (Å²) in [7, 11) is 0. The molecule has 1 N–H and O–H groups in total. The molecule has 0 amide bonds. The van der Waals surface area contributed by atoms with Crippen molar-refractivity contribution in [1.29, 1.82) is 0 Å². The average molecular weight is 332 g/mol. The van der Waals surface area contributed by atoms with Crippen molar-refractivity contribution in [1.82, 2.24) is 10.3 Å². The Morgan fingerprint density at radius 2 is 1.90 bits per heavy atom. The summed E-state index contributed by atoms with van der Waals surface area (Å²) in [5, 5.41) is 4.56. The molecule has 2 rings (SSSR count). The number of halogens is 3. The molecule has 0 spiro atoms. The molecule has 1 heterocycles. The van der Waals surface area contributed by atoms with E-state index in [1.165, 1.54) is 0 Å². The minimum absolute atomic E-state index is 0.360. The number of nitrogens with zero attached hydrogens (tertiary/aromatic N) is 1. The topological polar surface area (TPSA) is 34.2 Å². The van der Waals surface area contributed by atoms with Crippen molar-refractivity contribution in [2.24, 2.45) is 0 Å². The molecule has 0 saturated carbocycles. The lowest BCUT2D eigenvalue weighted by molar-refractivity contribution is 0.460. The van der Waals surface area contributed by atoms with Gasteiger partial charge in [-0.1, -0.05) is 47.8 Å². The maximum Gasteiger partial charge on any atom is 0.219 e. The van der Waals surface area contributed by atoms with Crippen LogP contribution in [0.15, 0.2) is 30.3 Å². The van der Waals surface area contributed by atoms with Crippen molar-refractivity contribution < 1.29 is 4.74 Å². The van der Waals surface area contributed by atoms with E-state index >= 15 is 0 Å². The molecular formula is C14H13Cl3N2O. The Kier molecular flexibility index (Phi) is 5.49. The normalized spacial score (nSPS) is 10.6. The summed E-state index contributed by atoms with van der Waals surface area (Å²) in [4.78, 5) is 4.36. The van der Waals surface area contributed by atoms with Crippen LogP contribution < -0.4 is 10.1 Å². The Hall–Kier alpha value is -1.000. The van der Waals surface area contributed by atoms with E-state index in [9.17, 15) is 0 Å². The molecule has 0 radical (unpaired) electrons. The maximum atomic E-state index is 6.09. The summed E-state index contributed by atoms with van der Waals surface area (Å²) in [6.07, 6.45) is 0. The first-order chi connectivity index (χ1) is 9.61. The van der Waals surface area contributed by atoms with Gasteiger partial charge in [0.2, 0.25) is 5.88 Å². The summed E-state index contributed by atoms with van der Waals surface area (Å²) >= 11 is 18.1. The number of benzene rings is 1. The number of rotatable bonds is 5. The third-order valence-corrected chi connectivity index (χ3v) is 3.71. The molecule has 0 aliphatic rings. The molecule has 3 nitrogen and oxygen atoms in total. The Bertz CT molecular complexity index is 605. The SMILES string of the molecule is CCNCc1nc(Oc2cccc(Cl)c2Cl)ccc1Cl. The van der Waals surface area contributed by atoms with Crippen molar-refractivity contribution in [2.45, 2.75) is 13.5 Å². The third-order valence-electron chi connectivity index (χ3n) is 2.57. The zero-order chi connectivity index (χ0) is 14.5. The molecule has 0 unspecified atom stereocenters. The van der Waals surface area contributed by atoms with Crippen LogP contribution in [0.25, 0.3) is 0 Å². The molecule has 20 heavy (non-hydrogen) atoms. The number of hydrogen-bond donors (Lipinski definition) is 1. The minimum Gasteiger partial charge on any atom is -0.437 e. The van der Waals surface area contributed by atoms with E-state index in [1.54, 1.807) is 30.3 Å². The second-order valence-electron chi connectivity index (χ2n) is 4.01. The van der Waals surface area contributed by atoms with Crippen molar-refractivity contribution in [3.63, 3.8) is 0 Å². The highest BCUT2D eigenvalue weighted by Gasteiger charge is 2.09. The molecule has 0 fully saturated rings. The van der Waals surface area contributed by atoms with E-state index in [0.717, 1.165) is 12.2 Å². The van der Waals surface area contributed by atoms with Crippen molar-refractivity contribution in [3.05, 3.63) is 51.1 Å². The molecule has 2 aromatic rings. The second kappa shape index (κ2) is 7.14. The van der Waals surface area contributed by atoms with E-state index in [1.807, 2.05) is 6.92 Å². The van der Waals surface area contributed by atoms with Gasteiger partial charge in [-0.2, -0.15) is 0 Å². The third kappa shape index (κ3) is 3.76. The molecule has 1 aromatic carbocycles. The van der Waals surface area contributed by atoms with Gasteiger partial charge in [0.15, 0.2) is 0 Å². The number of nitrogens with one attached hydrogen (secondary N) is 1. The van der Waals surface area contributed by atoms with Crippen LogP contribution in [0, 0.1) is 0 Å². The number of ether oxygens (including phenoxy) is 1.